The van der Waals surface area contributed by atoms with Gasteiger partial charge in [-0.05, 0) is 90.9 Å². The smallest absolute Gasteiger partial charge is 0.444 e. The lowest BCUT2D eigenvalue weighted by atomic mass is 9.77. The standard InChI is InChI=1S/C24H30BF3N2O4/c1-21(2,3)32-20(31)30-17-12-13-19(29-16-10-8-15(9-11-16)24(26,27)28)18(14-17)25-33-22(4,5)23(6,7)34-25/h8-14,29H,1-7H3,(H,30,31). The maximum Gasteiger partial charge on any atom is 0.497 e. The van der Waals surface area contributed by atoms with E-state index in [-0.39, 0.29) is 0 Å². The first-order valence-electron chi connectivity index (χ1n) is 10.9. The van der Waals surface area contributed by atoms with E-state index in [1.807, 2.05) is 27.7 Å². The second-order valence-electron chi connectivity index (χ2n) is 10.2. The van der Waals surface area contributed by atoms with E-state index in [9.17, 15) is 18.0 Å². The minimum absolute atomic E-state index is 0.455. The van der Waals surface area contributed by atoms with Crippen molar-refractivity contribution < 1.29 is 32.0 Å². The first kappa shape index (κ1) is 25.9. The Kier molecular flexibility index (Phi) is 6.71. The van der Waals surface area contributed by atoms with Gasteiger partial charge in [0, 0.05) is 22.5 Å². The number of hydrogen-bond donors (Lipinski definition) is 2. The molecule has 0 bridgehead atoms. The largest absolute Gasteiger partial charge is 0.497 e. The van der Waals surface area contributed by atoms with Gasteiger partial charge in [0.15, 0.2) is 0 Å². The Bertz CT molecular complexity index is 1030. The van der Waals surface area contributed by atoms with Crippen LogP contribution >= 0.6 is 0 Å². The van der Waals surface area contributed by atoms with Crippen molar-refractivity contribution in [2.24, 2.45) is 0 Å². The van der Waals surface area contributed by atoms with Crippen LogP contribution in [0.1, 0.15) is 54.0 Å². The SMILES string of the molecule is CC(C)(C)OC(=O)Nc1ccc(Nc2ccc(C(F)(F)F)cc2)c(B2OC(C)(C)C(C)(C)O2)c1. The van der Waals surface area contributed by atoms with Crippen LogP contribution in [0, 0.1) is 0 Å². The summed E-state index contributed by atoms with van der Waals surface area (Å²) < 4.78 is 56.4. The number of rotatable bonds is 4. The van der Waals surface area contributed by atoms with Crippen LogP contribution in [0.25, 0.3) is 0 Å². The van der Waals surface area contributed by atoms with Gasteiger partial charge in [0.2, 0.25) is 0 Å². The van der Waals surface area contributed by atoms with E-state index in [0.717, 1.165) is 12.1 Å². The Morgan fingerprint density at radius 1 is 0.912 bits per heavy atom. The summed E-state index contributed by atoms with van der Waals surface area (Å²) in [7, 11) is -0.776. The molecule has 2 N–H and O–H groups in total. The van der Waals surface area contributed by atoms with Crippen molar-refractivity contribution in [3.63, 3.8) is 0 Å². The molecule has 10 heteroatoms. The maximum absolute atomic E-state index is 12.9. The molecule has 0 saturated carbocycles. The summed E-state index contributed by atoms with van der Waals surface area (Å²) in [6, 6.07) is 9.77. The predicted molar refractivity (Wildman–Crippen MR) is 127 cm³/mol. The highest BCUT2D eigenvalue weighted by Gasteiger charge is 2.52. The van der Waals surface area contributed by atoms with E-state index in [1.54, 1.807) is 39.0 Å². The minimum Gasteiger partial charge on any atom is -0.444 e. The van der Waals surface area contributed by atoms with Crippen LogP contribution in [0.3, 0.4) is 0 Å². The van der Waals surface area contributed by atoms with Gasteiger partial charge in [0.05, 0.1) is 16.8 Å². The van der Waals surface area contributed by atoms with Crippen LogP contribution in [0.15, 0.2) is 42.5 Å². The Morgan fingerprint density at radius 2 is 1.44 bits per heavy atom. The Balaban J connectivity index is 1.93. The zero-order valence-corrected chi connectivity index (χ0v) is 20.4. The number of halogens is 3. The molecule has 1 amide bonds. The predicted octanol–water partition coefficient (Wildman–Crippen LogP) is 6.10. The molecular weight excluding hydrogens is 448 g/mol. The molecule has 0 aliphatic carbocycles. The van der Waals surface area contributed by atoms with Crippen LogP contribution in [-0.4, -0.2) is 30.0 Å². The van der Waals surface area contributed by atoms with Crippen molar-refractivity contribution >= 4 is 35.7 Å². The van der Waals surface area contributed by atoms with Gasteiger partial charge in [-0.2, -0.15) is 13.2 Å². The zero-order chi connectivity index (χ0) is 25.5. The molecule has 0 atom stereocenters. The van der Waals surface area contributed by atoms with Crippen molar-refractivity contribution in [1.82, 2.24) is 0 Å². The van der Waals surface area contributed by atoms with Gasteiger partial charge < -0.3 is 19.4 Å². The molecule has 2 aromatic rings. The molecule has 0 spiro atoms. The Morgan fingerprint density at radius 3 is 1.94 bits per heavy atom. The molecular formula is C24H30BF3N2O4. The van der Waals surface area contributed by atoms with Crippen LogP contribution in [0.4, 0.5) is 35.0 Å². The number of carbonyl (C=O) groups excluding carboxylic acids is 1. The monoisotopic (exact) mass is 478 g/mol. The van der Waals surface area contributed by atoms with Crippen molar-refractivity contribution in [3.05, 3.63) is 48.0 Å². The van der Waals surface area contributed by atoms with E-state index >= 15 is 0 Å². The summed E-state index contributed by atoms with van der Waals surface area (Å²) in [5.41, 5.74) is -0.574. The molecule has 1 aliphatic rings. The fraction of sp³-hybridized carbons (Fsp3) is 0.458. The third kappa shape index (κ3) is 6.04. The summed E-state index contributed by atoms with van der Waals surface area (Å²) in [4.78, 5) is 12.3. The van der Waals surface area contributed by atoms with Crippen molar-refractivity contribution in [2.45, 2.75) is 71.4 Å². The molecule has 1 saturated heterocycles. The topological polar surface area (TPSA) is 68.8 Å². The molecule has 0 unspecified atom stereocenters. The third-order valence-electron chi connectivity index (χ3n) is 5.70. The number of hydrogen-bond acceptors (Lipinski definition) is 5. The molecule has 184 valence electrons. The maximum atomic E-state index is 12.9. The molecule has 34 heavy (non-hydrogen) atoms. The molecule has 0 radical (unpaired) electrons. The quantitative estimate of drug-likeness (QED) is 0.521. The van der Waals surface area contributed by atoms with Crippen LogP contribution in [0.5, 0.6) is 0 Å². The molecule has 2 aromatic carbocycles. The van der Waals surface area contributed by atoms with Crippen LogP contribution in [0.2, 0.25) is 0 Å². The van der Waals surface area contributed by atoms with Gasteiger partial charge in [0.1, 0.15) is 5.60 Å². The lowest BCUT2D eigenvalue weighted by molar-refractivity contribution is -0.137. The fourth-order valence-corrected chi connectivity index (χ4v) is 3.24. The minimum atomic E-state index is -4.42. The summed E-state index contributed by atoms with van der Waals surface area (Å²) in [6.45, 7) is 13.0. The molecule has 1 fully saturated rings. The van der Waals surface area contributed by atoms with Gasteiger partial charge in [-0.1, -0.05) is 0 Å². The van der Waals surface area contributed by atoms with E-state index in [4.69, 9.17) is 14.0 Å². The third-order valence-corrected chi connectivity index (χ3v) is 5.70. The van der Waals surface area contributed by atoms with Crippen molar-refractivity contribution in [2.75, 3.05) is 10.6 Å². The molecule has 3 rings (SSSR count). The summed E-state index contributed by atoms with van der Waals surface area (Å²) >= 11 is 0. The van der Waals surface area contributed by atoms with Crippen LogP contribution in [-0.2, 0) is 20.2 Å². The second kappa shape index (κ2) is 8.81. The molecule has 1 aliphatic heterocycles. The number of alkyl halides is 3. The average Bonchev–Trinajstić information content (AvgIpc) is 2.88. The molecule has 6 nitrogen and oxygen atoms in total. The number of carbonyl (C=O) groups is 1. The van der Waals surface area contributed by atoms with Crippen LogP contribution < -0.4 is 16.1 Å². The summed E-state index contributed by atoms with van der Waals surface area (Å²) in [5.74, 6) is 0. The van der Waals surface area contributed by atoms with E-state index in [1.165, 1.54) is 12.1 Å². The fourth-order valence-electron chi connectivity index (χ4n) is 3.24. The lowest BCUT2D eigenvalue weighted by Gasteiger charge is -2.32. The van der Waals surface area contributed by atoms with E-state index in [0.29, 0.717) is 22.5 Å². The lowest BCUT2D eigenvalue weighted by Crippen LogP contribution is -2.41. The van der Waals surface area contributed by atoms with Gasteiger partial charge in [0.25, 0.3) is 0 Å². The number of nitrogens with one attached hydrogen (secondary N) is 2. The van der Waals surface area contributed by atoms with E-state index < -0.39 is 41.8 Å². The van der Waals surface area contributed by atoms with Gasteiger partial charge in [-0.15, -0.1) is 0 Å². The number of amides is 1. The van der Waals surface area contributed by atoms with Gasteiger partial charge in [-0.25, -0.2) is 4.79 Å². The highest BCUT2D eigenvalue weighted by Crippen LogP contribution is 2.37. The van der Waals surface area contributed by atoms with Crippen molar-refractivity contribution in [1.29, 1.82) is 0 Å². The summed E-state index contributed by atoms with van der Waals surface area (Å²) in [5, 5.41) is 5.82. The first-order valence-corrected chi connectivity index (χ1v) is 10.9. The Hall–Kier alpha value is -2.72. The van der Waals surface area contributed by atoms with Crippen molar-refractivity contribution in [3.8, 4) is 0 Å². The second-order valence-corrected chi connectivity index (χ2v) is 10.2. The number of ether oxygens (including phenoxy) is 1. The first-order chi connectivity index (χ1) is 15.5. The van der Waals surface area contributed by atoms with Gasteiger partial charge in [-0.3, -0.25) is 5.32 Å². The molecule has 0 aromatic heterocycles. The summed E-state index contributed by atoms with van der Waals surface area (Å²) in [6.07, 6.45) is -5.03. The van der Waals surface area contributed by atoms with E-state index in [2.05, 4.69) is 10.6 Å². The number of benzene rings is 2. The molecule has 1 heterocycles. The highest BCUT2D eigenvalue weighted by molar-refractivity contribution is 6.64. The Labute approximate surface area is 198 Å². The average molecular weight is 478 g/mol. The normalized spacial score (nSPS) is 17.4. The number of anilines is 3. The van der Waals surface area contributed by atoms with Gasteiger partial charge >= 0.3 is 19.4 Å². The zero-order valence-electron chi connectivity index (χ0n) is 20.4. The highest BCUT2D eigenvalue weighted by atomic mass is 19.4.